The summed E-state index contributed by atoms with van der Waals surface area (Å²) in [6, 6.07) is 0.0538. The molecule has 5 nitrogen and oxygen atoms in total. The van der Waals surface area contributed by atoms with Gasteiger partial charge in [0.25, 0.3) is 5.91 Å². The van der Waals surface area contributed by atoms with Gasteiger partial charge in [-0.25, -0.2) is 4.79 Å². The highest BCUT2D eigenvalue weighted by atomic mass is 16.2. The third-order valence-corrected chi connectivity index (χ3v) is 3.27. The van der Waals surface area contributed by atoms with Gasteiger partial charge in [0.05, 0.1) is 0 Å². The minimum absolute atomic E-state index is 0.169. The molecule has 2 heterocycles. The molecule has 2 fully saturated rings. The molecule has 0 bridgehead atoms. The Morgan fingerprint density at radius 3 is 2.67 bits per heavy atom. The Morgan fingerprint density at radius 1 is 1.40 bits per heavy atom. The maximum absolute atomic E-state index is 11.7. The molecule has 1 atom stereocenters. The molecular weight excluding hydrogens is 194 g/mol. The summed E-state index contributed by atoms with van der Waals surface area (Å²) in [6.07, 6.45) is 1.69. The van der Waals surface area contributed by atoms with Crippen molar-refractivity contribution in [3.8, 4) is 0 Å². The Labute approximate surface area is 89.2 Å². The predicted molar refractivity (Wildman–Crippen MR) is 55.3 cm³/mol. The second-order valence-electron chi connectivity index (χ2n) is 4.66. The van der Waals surface area contributed by atoms with Crippen molar-refractivity contribution in [2.75, 3.05) is 13.1 Å². The molecular formula is C10H17N3O2. The summed E-state index contributed by atoms with van der Waals surface area (Å²) in [5.41, 5.74) is -0.667. The van der Waals surface area contributed by atoms with Crippen LogP contribution < -0.4 is 10.6 Å². The smallest absolute Gasteiger partial charge is 0.322 e. The van der Waals surface area contributed by atoms with E-state index in [4.69, 9.17) is 0 Å². The largest absolute Gasteiger partial charge is 0.322 e. The van der Waals surface area contributed by atoms with Gasteiger partial charge in [-0.2, -0.15) is 0 Å². The Hall–Kier alpha value is -1.10. The van der Waals surface area contributed by atoms with Gasteiger partial charge in [-0.1, -0.05) is 0 Å². The highest BCUT2D eigenvalue weighted by molar-refractivity contribution is 6.07. The average molecular weight is 211 g/mol. The molecule has 84 valence electrons. The van der Waals surface area contributed by atoms with Crippen molar-refractivity contribution in [2.24, 2.45) is 0 Å². The van der Waals surface area contributed by atoms with E-state index >= 15 is 0 Å². The van der Waals surface area contributed by atoms with Gasteiger partial charge in [0.2, 0.25) is 0 Å². The van der Waals surface area contributed by atoms with Gasteiger partial charge >= 0.3 is 6.03 Å². The molecule has 3 amide bonds. The molecule has 0 aromatic carbocycles. The molecule has 5 heteroatoms. The Bertz CT molecular complexity index is 303. The maximum Gasteiger partial charge on any atom is 0.322 e. The quantitative estimate of drug-likeness (QED) is 0.603. The van der Waals surface area contributed by atoms with Crippen LogP contribution in [-0.4, -0.2) is 41.5 Å². The third-order valence-electron chi connectivity index (χ3n) is 3.27. The zero-order chi connectivity index (χ0) is 11.1. The molecule has 0 unspecified atom stereocenters. The molecule has 15 heavy (non-hydrogen) atoms. The van der Waals surface area contributed by atoms with Crippen LogP contribution in [0.1, 0.15) is 26.7 Å². The van der Waals surface area contributed by atoms with E-state index in [1.165, 1.54) is 0 Å². The second-order valence-corrected chi connectivity index (χ2v) is 4.66. The van der Waals surface area contributed by atoms with Gasteiger partial charge in [0.1, 0.15) is 5.54 Å². The standard InChI is InChI=1S/C10H17N3O2/c1-7(2)13-5-3-4-10(6-13)8(14)11-9(15)12-10/h7H,3-6H2,1-2H3,(H2,11,12,14,15)/t10-/m1/s1. The lowest BCUT2D eigenvalue weighted by Crippen LogP contribution is -2.59. The van der Waals surface area contributed by atoms with E-state index < -0.39 is 5.54 Å². The highest BCUT2D eigenvalue weighted by Gasteiger charge is 2.48. The first-order valence-electron chi connectivity index (χ1n) is 5.41. The van der Waals surface area contributed by atoms with Crippen LogP contribution in [0.15, 0.2) is 0 Å². The molecule has 2 aliphatic rings. The number of nitrogens with zero attached hydrogens (tertiary/aromatic N) is 1. The number of urea groups is 1. The molecule has 1 spiro atoms. The molecule has 2 aliphatic heterocycles. The van der Waals surface area contributed by atoms with Gasteiger partial charge in [0.15, 0.2) is 0 Å². The van der Waals surface area contributed by atoms with E-state index in [0.29, 0.717) is 12.6 Å². The van der Waals surface area contributed by atoms with Gasteiger partial charge in [-0.3, -0.25) is 15.0 Å². The monoisotopic (exact) mass is 211 g/mol. The van der Waals surface area contributed by atoms with E-state index in [1.54, 1.807) is 0 Å². The zero-order valence-electron chi connectivity index (χ0n) is 9.17. The van der Waals surface area contributed by atoms with Crippen molar-refractivity contribution in [3.63, 3.8) is 0 Å². The molecule has 0 aromatic rings. The molecule has 0 saturated carbocycles. The van der Waals surface area contributed by atoms with Crippen molar-refractivity contribution in [1.29, 1.82) is 0 Å². The average Bonchev–Trinajstić information content (AvgIpc) is 2.41. The van der Waals surface area contributed by atoms with Crippen LogP contribution in [0.25, 0.3) is 0 Å². The first-order chi connectivity index (χ1) is 7.03. The third kappa shape index (κ3) is 1.71. The van der Waals surface area contributed by atoms with E-state index in [2.05, 4.69) is 29.4 Å². The summed E-state index contributed by atoms with van der Waals surface area (Å²) in [7, 11) is 0. The van der Waals surface area contributed by atoms with E-state index in [1.807, 2.05) is 0 Å². The summed E-state index contributed by atoms with van der Waals surface area (Å²) in [4.78, 5) is 25.1. The first kappa shape index (κ1) is 10.4. The fourth-order valence-electron chi connectivity index (χ4n) is 2.34. The summed E-state index contributed by atoms with van der Waals surface area (Å²) in [5, 5.41) is 5.08. The lowest BCUT2D eigenvalue weighted by atomic mass is 9.88. The number of imide groups is 1. The summed E-state index contributed by atoms with van der Waals surface area (Å²) >= 11 is 0. The number of carbonyl (C=O) groups excluding carboxylic acids is 2. The van der Waals surface area contributed by atoms with Crippen LogP contribution in [-0.2, 0) is 4.79 Å². The number of carbonyl (C=O) groups is 2. The van der Waals surface area contributed by atoms with Crippen LogP contribution in [0.2, 0.25) is 0 Å². The van der Waals surface area contributed by atoms with Crippen LogP contribution >= 0.6 is 0 Å². The van der Waals surface area contributed by atoms with Crippen LogP contribution in [0.5, 0.6) is 0 Å². The van der Waals surface area contributed by atoms with Gasteiger partial charge in [-0.05, 0) is 33.2 Å². The normalized spacial score (nSPS) is 32.2. The minimum Gasteiger partial charge on any atom is -0.322 e. The van der Waals surface area contributed by atoms with E-state index in [-0.39, 0.29) is 11.9 Å². The van der Waals surface area contributed by atoms with Crippen molar-refractivity contribution >= 4 is 11.9 Å². The van der Waals surface area contributed by atoms with Gasteiger partial charge < -0.3 is 5.32 Å². The van der Waals surface area contributed by atoms with Gasteiger partial charge in [-0.15, -0.1) is 0 Å². The number of nitrogens with one attached hydrogen (secondary N) is 2. The van der Waals surface area contributed by atoms with Crippen molar-refractivity contribution in [1.82, 2.24) is 15.5 Å². The van der Waals surface area contributed by atoms with E-state index in [0.717, 1.165) is 19.4 Å². The summed E-state index contributed by atoms with van der Waals surface area (Å²) < 4.78 is 0. The van der Waals surface area contributed by atoms with Crippen LogP contribution in [0.4, 0.5) is 4.79 Å². The molecule has 2 rings (SSSR count). The van der Waals surface area contributed by atoms with Crippen LogP contribution in [0, 0.1) is 0 Å². The lowest BCUT2D eigenvalue weighted by molar-refractivity contribution is -0.126. The molecule has 0 radical (unpaired) electrons. The number of amides is 3. The number of likely N-dealkylation sites (tertiary alicyclic amines) is 1. The summed E-state index contributed by atoms with van der Waals surface area (Å²) in [5.74, 6) is -0.169. The molecule has 2 N–H and O–H groups in total. The summed E-state index contributed by atoms with van der Waals surface area (Å²) in [6.45, 7) is 5.84. The molecule has 2 saturated heterocycles. The number of piperidine rings is 1. The topological polar surface area (TPSA) is 61.4 Å². The predicted octanol–water partition coefficient (Wildman–Crippen LogP) is 0.0688. The number of hydrogen-bond donors (Lipinski definition) is 2. The fraction of sp³-hybridized carbons (Fsp3) is 0.800. The fourth-order valence-corrected chi connectivity index (χ4v) is 2.34. The number of rotatable bonds is 1. The molecule has 0 aliphatic carbocycles. The van der Waals surface area contributed by atoms with Crippen LogP contribution in [0.3, 0.4) is 0 Å². The zero-order valence-corrected chi connectivity index (χ0v) is 9.17. The highest BCUT2D eigenvalue weighted by Crippen LogP contribution is 2.25. The molecule has 0 aromatic heterocycles. The maximum atomic E-state index is 11.7. The lowest BCUT2D eigenvalue weighted by Gasteiger charge is -2.40. The first-order valence-corrected chi connectivity index (χ1v) is 5.41. The van der Waals surface area contributed by atoms with Gasteiger partial charge in [0, 0.05) is 12.6 Å². The Balaban J connectivity index is 2.15. The minimum atomic E-state index is -0.667. The van der Waals surface area contributed by atoms with Crippen molar-refractivity contribution in [3.05, 3.63) is 0 Å². The number of hydrogen-bond acceptors (Lipinski definition) is 3. The SMILES string of the molecule is CC(C)N1CCC[C@]2(C1)NC(=O)NC2=O. The van der Waals surface area contributed by atoms with Crippen molar-refractivity contribution < 1.29 is 9.59 Å². The second kappa shape index (κ2) is 3.48. The van der Waals surface area contributed by atoms with Crippen molar-refractivity contribution in [2.45, 2.75) is 38.3 Å². The Kier molecular flexibility index (Phi) is 2.42. The Morgan fingerprint density at radius 2 is 2.13 bits per heavy atom. The van der Waals surface area contributed by atoms with E-state index in [9.17, 15) is 9.59 Å².